The minimum Gasteiger partial charge on any atom is -0.339 e. The maximum Gasteiger partial charge on any atom is 0.256 e. The SMILES string of the molecule is CCN(CC)C(=O)c1cccc(NC(=O)c2cc(-c3cccs3)nc3c2c(C)nn3C)c1. The molecule has 7 nitrogen and oxygen atoms in total. The van der Waals surface area contributed by atoms with Crippen LogP contribution in [0, 0.1) is 6.92 Å². The molecule has 164 valence electrons. The number of pyridine rings is 1. The van der Waals surface area contributed by atoms with Gasteiger partial charge in [-0.3, -0.25) is 14.3 Å². The standard InChI is InChI=1S/C24H25N5O2S/c1-5-29(6-2)24(31)16-9-7-10-17(13-16)25-23(30)18-14-19(20-11-8-12-32-20)26-22-21(18)15(3)27-28(22)4/h7-14H,5-6H2,1-4H3,(H,25,30). The number of hydrogen-bond acceptors (Lipinski definition) is 5. The largest absolute Gasteiger partial charge is 0.339 e. The van der Waals surface area contributed by atoms with E-state index in [-0.39, 0.29) is 11.8 Å². The van der Waals surface area contributed by atoms with Gasteiger partial charge in [-0.25, -0.2) is 4.98 Å². The summed E-state index contributed by atoms with van der Waals surface area (Å²) in [4.78, 5) is 33.6. The summed E-state index contributed by atoms with van der Waals surface area (Å²) in [5.74, 6) is -0.320. The van der Waals surface area contributed by atoms with Crippen molar-refractivity contribution in [1.82, 2.24) is 19.7 Å². The number of nitrogens with zero attached hydrogens (tertiary/aromatic N) is 4. The maximum absolute atomic E-state index is 13.4. The van der Waals surface area contributed by atoms with E-state index >= 15 is 0 Å². The van der Waals surface area contributed by atoms with Crippen LogP contribution >= 0.6 is 11.3 Å². The van der Waals surface area contributed by atoms with E-state index in [1.54, 1.807) is 45.2 Å². The molecule has 0 aliphatic rings. The quantitative estimate of drug-likeness (QED) is 0.463. The van der Waals surface area contributed by atoms with Gasteiger partial charge in [-0.1, -0.05) is 12.1 Å². The molecular formula is C24H25N5O2S. The Morgan fingerprint density at radius 3 is 2.59 bits per heavy atom. The molecule has 2 amide bonds. The van der Waals surface area contributed by atoms with Gasteiger partial charge in [0.15, 0.2) is 5.65 Å². The molecule has 4 aromatic rings. The average molecular weight is 448 g/mol. The van der Waals surface area contributed by atoms with E-state index in [0.29, 0.717) is 35.6 Å². The van der Waals surface area contributed by atoms with Gasteiger partial charge in [0.1, 0.15) is 0 Å². The zero-order valence-corrected chi connectivity index (χ0v) is 19.4. The van der Waals surface area contributed by atoms with Crippen LogP contribution in [0.3, 0.4) is 0 Å². The van der Waals surface area contributed by atoms with Gasteiger partial charge in [-0.2, -0.15) is 5.10 Å². The summed E-state index contributed by atoms with van der Waals surface area (Å²) in [5, 5.41) is 10.1. The average Bonchev–Trinajstić information content (AvgIpc) is 3.43. The Bertz CT molecular complexity index is 1290. The highest BCUT2D eigenvalue weighted by atomic mass is 32.1. The predicted octanol–water partition coefficient (Wildman–Crippen LogP) is 4.74. The number of carbonyl (C=O) groups excluding carboxylic acids is 2. The first kappa shape index (κ1) is 21.7. The van der Waals surface area contributed by atoms with Gasteiger partial charge < -0.3 is 10.2 Å². The Morgan fingerprint density at radius 1 is 1.12 bits per heavy atom. The molecule has 0 aliphatic carbocycles. The summed E-state index contributed by atoms with van der Waals surface area (Å²) in [6.45, 7) is 7.03. The van der Waals surface area contributed by atoms with Crippen LogP contribution in [-0.2, 0) is 7.05 Å². The lowest BCUT2D eigenvalue weighted by molar-refractivity contribution is 0.0772. The molecule has 0 saturated carbocycles. The summed E-state index contributed by atoms with van der Waals surface area (Å²) in [6.07, 6.45) is 0. The number of hydrogen-bond donors (Lipinski definition) is 1. The maximum atomic E-state index is 13.4. The zero-order valence-electron chi connectivity index (χ0n) is 18.5. The van der Waals surface area contributed by atoms with Gasteiger partial charge in [-0.15, -0.1) is 11.3 Å². The summed E-state index contributed by atoms with van der Waals surface area (Å²) in [7, 11) is 1.82. The van der Waals surface area contributed by atoms with Gasteiger partial charge in [0.2, 0.25) is 0 Å². The molecule has 0 radical (unpaired) electrons. The number of amides is 2. The third-order valence-electron chi connectivity index (χ3n) is 5.40. The molecule has 0 saturated heterocycles. The molecule has 3 heterocycles. The number of thiophene rings is 1. The number of carbonyl (C=O) groups is 2. The fourth-order valence-electron chi connectivity index (χ4n) is 3.80. The van der Waals surface area contributed by atoms with Crippen LogP contribution in [0.25, 0.3) is 21.6 Å². The van der Waals surface area contributed by atoms with E-state index < -0.39 is 0 Å². The highest BCUT2D eigenvalue weighted by Gasteiger charge is 2.20. The lowest BCUT2D eigenvalue weighted by atomic mass is 10.1. The van der Waals surface area contributed by atoms with Crippen LogP contribution in [0.2, 0.25) is 0 Å². The first-order valence-electron chi connectivity index (χ1n) is 10.5. The second kappa shape index (κ2) is 8.92. The summed E-state index contributed by atoms with van der Waals surface area (Å²) < 4.78 is 1.70. The lowest BCUT2D eigenvalue weighted by Crippen LogP contribution is -2.30. The third-order valence-corrected chi connectivity index (χ3v) is 6.30. The van der Waals surface area contributed by atoms with Crippen molar-refractivity contribution in [2.45, 2.75) is 20.8 Å². The third kappa shape index (κ3) is 4.01. The van der Waals surface area contributed by atoms with Gasteiger partial charge >= 0.3 is 0 Å². The minimum absolute atomic E-state index is 0.0551. The zero-order chi connectivity index (χ0) is 22.8. The second-order valence-corrected chi connectivity index (χ2v) is 8.40. The van der Waals surface area contributed by atoms with E-state index in [1.165, 1.54) is 0 Å². The van der Waals surface area contributed by atoms with Gasteiger partial charge in [0.25, 0.3) is 11.8 Å². The summed E-state index contributed by atoms with van der Waals surface area (Å²) in [6, 6.07) is 12.8. The second-order valence-electron chi connectivity index (χ2n) is 7.45. The predicted molar refractivity (Wildman–Crippen MR) is 128 cm³/mol. The number of rotatable bonds is 6. The molecular weight excluding hydrogens is 422 g/mol. The van der Waals surface area contributed by atoms with Crippen molar-refractivity contribution >= 4 is 39.9 Å². The van der Waals surface area contributed by atoms with Crippen LogP contribution in [-0.4, -0.2) is 44.6 Å². The number of aryl methyl sites for hydroxylation is 2. The molecule has 0 fully saturated rings. The lowest BCUT2D eigenvalue weighted by Gasteiger charge is -2.19. The molecule has 32 heavy (non-hydrogen) atoms. The Labute approximate surface area is 190 Å². The van der Waals surface area contributed by atoms with Crippen molar-refractivity contribution in [1.29, 1.82) is 0 Å². The molecule has 3 aromatic heterocycles. The number of fused-ring (bicyclic) bond motifs is 1. The van der Waals surface area contributed by atoms with Crippen molar-refractivity contribution in [3.63, 3.8) is 0 Å². The summed E-state index contributed by atoms with van der Waals surface area (Å²) in [5.41, 5.74) is 3.74. The van der Waals surface area contributed by atoms with Crippen LogP contribution in [0.1, 0.15) is 40.3 Å². The normalized spacial score (nSPS) is 11.0. The van der Waals surface area contributed by atoms with Crippen molar-refractivity contribution in [2.75, 3.05) is 18.4 Å². The molecule has 0 bridgehead atoms. The molecule has 0 atom stereocenters. The first-order valence-corrected chi connectivity index (χ1v) is 11.4. The fraction of sp³-hybridized carbons (Fsp3) is 0.250. The molecule has 1 aromatic carbocycles. The van der Waals surface area contributed by atoms with E-state index in [4.69, 9.17) is 4.98 Å². The molecule has 0 aliphatic heterocycles. The molecule has 8 heteroatoms. The van der Waals surface area contributed by atoms with E-state index in [2.05, 4.69) is 10.4 Å². The highest BCUT2D eigenvalue weighted by molar-refractivity contribution is 7.13. The van der Waals surface area contributed by atoms with Crippen molar-refractivity contribution in [2.24, 2.45) is 7.05 Å². The number of benzene rings is 1. The van der Waals surface area contributed by atoms with Crippen LogP contribution < -0.4 is 5.32 Å². The molecule has 0 unspecified atom stereocenters. The Balaban J connectivity index is 1.72. The van der Waals surface area contributed by atoms with E-state index in [9.17, 15) is 9.59 Å². The van der Waals surface area contributed by atoms with Gasteiger partial charge in [0.05, 0.1) is 27.2 Å². The Morgan fingerprint density at radius 2 is 1.91 bits per heavy atom. The molecule has 1 N–H and O–H groups in total. The Kier molecular flexibility index (Phi) is 6.05. The van der Waals surface area contributed by atoms with E-state index in [0.717, 1.165) is 21.7 Å². The smallest absolute Gasteiger partial charge is 0.256 e. The highest BCUT2D eigenvalue weighted by Crippen LogP contribution is 2.29. The van der Waals surface area contributed by atoms with Gasteiger partial charge in [-0.05, 0) is 56.5 Å². The van der Waals surface area contributed by atoms with Gasteiger partial charge in [0, 0.05) is 31.4 Å². The topological polar surface area (TPSA) is 80.1 Å². The van der Waals surface area contributed by atoms with Crippen LogP contribution in [0.4, 0.5) is 5.69 Å². The number of anilines is 1. The molecule has 0 spiro atoms. The number of nitrogens with one attached hydrogen (secondary N) is 1. The molecule has 4 rings (SSSR count). The van der Waals surface area contributed by atoms with Crippen LogP contribution in [0.15, 0.2) is 47.8 Å². The fourth-order valence-corrected chi connectivity index (χ4v) is 4.48. The van der Waals surface area contributed by atoms with Crippen LogP contribution in [0.5, 0.6) is 0 Å². The Hall–Kier alpha value is -3.52. The minimum atomic E-state index is -0.265. The van der Waals surface area contributed by atoms with E-state index in [1.807, 2.05) is 51.4 Å². The monoisotopic (exact) mass is 447 g/mol. The van der Waals surface area contributed by atoms with Crippen molar-refractivity contribution in [3.8, 4) is 10.6 Å². The number of aromatic nitrogens is 3. The first-order chi connectivity index (χ1) is 15.4. The van der Waals surface area contributed by atoms with Crippen molar-refractivity contribution < 1.29 is 9.59 Å². The summed E-state index contributed by atoms with van der Waals surface area (Å²) >= 11 is 1.57. The van der Waals surface area contributed by atoms with Crippen molar-refractivity contribution in [3.05, 3.63) is 64.7 Å².